The van der Waals surface area contributed by atoms with Crippen LogP contribution in [0.25, 0.3) is 0 Å². The third-order valence-electron chi connectivity index (χ3n) is 3.26. The summed E-state index contributed by atoms with van der Waals surface area (Å²) in [5, 5.41) is 18.7. The molecule has 6 heteroatoms. The highest BCUT2D eigenvalue weighted by Crippen LogP contribution is 2.28. The van der Waals surface area contributed by atoms with E-state index < -0.39 is 0 Å². The highest BCUT2D eigenvalue weighted by molar-refractivity contribution is 5.59. The molecule has 0 spiro atoms. The number of aromatic nitrogens is 2. The summed E-state index contributed by atoms with van der Waals surface area (Å²) in [4.78, 5) is 10.9. The minimum Gasteiger partial charge on any atom is -0.360 e. The van der Waals surface area contributed by atoms with E-state index in [1.165, 1.54) is 5.56 Å². The zero-order valence-electron chi connectivity index (χ0n) is 12.6. The van der Waals surface area contributed by atoms with Gasteiger partial charge in [-0.25, -0.2) is 4.68 Å². The molecular weight excluding hydrogens is 268 g/mol. The molecule has 0 aliphatic heterocycles. The molecule has 0 atom stereocenters. The van der Waals surface area contributed by atoms with E-state index in [0.29, 0.717) is 24.6 Å². The molecule has 1 N–H and O–H groups in total. The number of nitrogens with zero attached hydrogens (tertiary/aromatic N) is 3. The zero-order valence-corrected chi connectivity index (χ0v) is 12.6. The predicted octanol–water partition coefficient (Wildman–Crippen LogP) is 3.43. The Morgan fingerprint density at radius 2 is 2.14 bits per heavy atom. The van der Waals surface area contributed by atoms with Gasteiger partial charge < -0.3 is 5.32 Å². The number of rotatable bonds is 6. The Kier molecular flexibility index (Phi) is 4.57. The molecule has 2 aromatic rings. The van der Waals surface area contributed by atoms with Crippen molar-refractivity contribution in [2.75, 3.05) is 5.32 Å². The molecule has 0 bridgehead atoms. The van der Waals surface area contributed by atoms with Crippen LogP contribution in [0.4, 0.5) is 11.5 Å². The van der Waals surface area contributed by atoms with Gasteiger partial charge in [0.2, 0.25) is 5.82 Å². The van der Waals surface area contributed by atoms with Gasteiger partial charge in [0, 0.05) is 13.1 Å². The number of nitrogens with one attached hydrogen (secondary N) is 1. The third kappa shape index (κ3) is 3.39. The van der Waals surface area contributed by atoms with Crippen LogP contribution >= 0.6 is 0 Å². The first-order valence-electron chi connectivity index (χ1n) is 7.04. The fourth-order valence-corrected chi connectivity index (χ4v) is 2.35. The Bertz CT molecular complexity index is 649. The first-order chi connectivity index (χ1) is 10.0. The highest BCUT2D eigenvalue weighted by Gasteiger charge is 2.24. The molecule has 1 aromatic carbocycles. The lowest BCUT2D eigenvalue weighted by molar-refractivity contribution is -0.384. The Hall–Kier alpha value is -2.37. The molecular formula is C15H20N4O2. The Morgan fingerprint density at radius 1 is 1.38 bits per heavy atom. The Balaban J connectivity index is 2.27. The molecule has 1 heterocycles. The molecule has 0 aliphatic rings. The quantitative estimate of drug-likeness (QED) is 0.653. The van der Waals surface area contributed by atoms with Crippen molar-refractivity contribution in [1.29, 1.82) is 0 Å². The van der Waals surface area contributed by atoms with Crippen LogP contribution in [0.3, 0.4) is 0 Å². The number of hydrogen-bond donors (Lipinski definition) is 1. The van der Waals surface area contributed by atoms with Crippen molar-refractivity contribution in [3.8, 4) is 0 Å². The van der Waals surface area contributed by atoms with Crippen molar-refractivity contribution in [2.45, 2.75) is 40.3 Å². The summed E-state index contributed by atoms with van der Waals surface area (Å²) in [5.74, 6) is 0.487. The normalized spacial score (nSPS) is 10.6. The Labute approximate surface area is 123 Å². The summed E-state index contributed by atoms with van der Waals surface area (Å²) in [6.07, 6.45) is 0.872. The monoisotopic (exact) mass is 288 g/mol. The summed E-state index contributed by atoms with van der Waals surface area (Å²) >= 11 is 0. The van der Waals surface area contributed by atoms with Gasteiger partial charge in [-0.2, -0.15) is 5.10 Å². The average Bonchev–Trinajstić information content (AvgIpc) is 2.73. The molecule has 0 saturated carbocycles. The van der Waals surface area contributed by atoms with Crippen molar-refractivity contribution >= 4 is 11.5 Å². The molecule has 0 saturated heterocycles. The number of hydrogen-bond acceptors (Lipinski definition) is 4. The molecule has 21 heavy (non-hydrogen) atoms. The van der Waals surface area contributed by atoms with E-state index in [2.05, 4.69) is 16.5 Å². The van der Waals surface area contributed by atoms with Crippen molar-refractivity contribution in [2.24, 2.45) is 0 Å². The second-order valence-corrected chi connectivity index (χ2v) is 5.11. The van der Waals surface area contributed by atoms with E-state index in [0.717, 1.165) is 12.0 Å². The number of nitro groups is 1. The summed E-state index contributed by atoms with van der Waals surface area (Å²) in [6.45, 7) is 6.91. The molecule has 1 aromatic heterocycles. The summed E-state index contributed by atoms with van der Waals surface area (Å²) in [6, 6.07) is 8.07. The van der Waals surface area contributed by atoms with Gasteiger partial charge in [-0.1, -0.05) is 36.8 Å². The maximum absolute atomic E-state index is 11.2. The Morgan fingerprint density at radius 3 is 2.76 bits per heavy atom. The molecule has 0 unspecified atom stereocenters. The fraction of sp³-hybridized carbons (Fsp3) is 0.400. The van der Waals surface area contributed by atoms with E-state index in [1.54, 1.807) is 11.6 Å². The van der Waals surface area contributed by atoms with Crippen molar-refractivity contribution in [3.05, 3.63) is 51.2 Å². The number of anilines is 1. The summed E-state index contributed by atoms with van der Waals surface area (Å²) in [7, 11) is 0. The van der Waals surface area contributed by atoms with Gasteiger partial charge in [0.15, 0.2) is 0 Å². The molecule has 0 aliphatic carbocycles. The van der Waals surface area contributed by atoms with E-state index in [9.17, 15) is 10.1 Å². The van der Waals surface area contributed by atoms with Crippen LogP contribution in [-0.2, 0) is 13.1 Å². The molecule has 0 radical (unpaired) electrons. The van der Waals surface area contributed by atoms with Gasteiger partial charge in [0.25, 0.3) is 0 Å². The molecule has 112 valence electrons. The molecule has 2 rings (SSSR count). The van der Waals surface area contributed by atoms with E-state index in [1.807, 2.05) is 32.0 Å². The van der Waals surface area contributed by atoms with Gasteiger partial charge in [-0.15, -0.1) is 0 Å². The zero-order chi connectivity index (χ0) is 15.4. The third-order valence-corrected chi connectivity index (χ3v) is 3.26. The maximum Gasteiger partial charge on any atom is 0.333 e. The lowest BCUT2D eigenvalue weighted by atomic mass is 10.1. The minimum absolute atomic E-state index is 0.0658. The van der Waals surface area contributed by atoms with Crippen LogP contribution in [0.2, 0.25) is 0 Å². The molecule has 6 nitrogen and oxygen atoms in total. The predicted molar refractivity (Wildman–Crippen MR) is 82.4 cm³/mol. The smallest absolute Gasteiger partial charge is 0.333 e. The van der Waals surface area contributed by atoms with Crippen molar-refractivity contribution < 1.29 is 4.92 Å². The van der Waals surface area contributed by atoms with Crippen LogP contribution < -0.4 is 5.32 Å². The fourth-order valence-electron chi connectivity index (χ4n) is 2.35. The lowest BCUT2D eigenvalue weighted by Crippen LogP contribution is -2.09. The highest BCUT2D eigenvalue weighted by atomic mass is 16.6. The van der Waals surface area contributed by atoms with Crippen LogP contribution in [-0.4, -0.2) is 14.7 Å². The first-order valence-corrected chi connectivity index (χ1v) is 7.04. The van der Waals surface area contributed by atoms with Gasteiger partial charge in [0.05, 0.1) is 4.92 Å². The van der Waals surface area contributed by atoms with Crippen LogP contribution in [0.5, 0.6) is 0 Å². The van der Waals surface area contributed by atoms with Crippen LogP contribution in [0.1, 0.15) is 30.2 Å². The van der Waals surface area contributed by atoms with E-state index in [-0.39, 0.29) is 10.6 Å². The second-order valence-electron chi connectivity index (χ2n) is 5.11. The summed E-state index contributed by atoms with van der Waals surface area (Å²) in [5.41, 5.74) is 2.77. The lowest BCUT2D eigenvalue weighted by Gasteiger charge is -2.09. The SMILES string of the molecule is CCCn1nc(C)c([N+](=O)[O-])c1NCc1cccc(C)c1. The van der Waals surface area contributed by atoms with E-state index >= 15 is 0 Å². The van der Waals surface area contributed by atoms with Crippen LogP contribution in [0, 0.1) is 24.0 Å². The standard InChI is InChI=1S/C15H20N4O2/c1-4-8-18-15(14(19(20)21)12(3)17-18)16-10-13-7-5-6-11(2)9-13/h5-7,9,16H,4,8,10H2,1-3H3. The van der Waals surface area contributed by atoms with E-state index in [4.69, 9.17) is 0 Å². The average molecular weight is 288 g/mol. The maximum atomic E-state index is 11.2. The number of aryl methyl sites for hydroxylation is 3. The molecule has 0 fully saturated rings. The molecule has 0 amide bonds. The largest absolute Gasteiger partial charge is 0.360 e. The van der Waals surface area contributed by atoms with Crippen molar-refractivity contribution in [3.63, 3.8) is 0 Å². The minimum atomic E-state index is -0.368. The van der Waals surface area contributed by atoms with Gasteiger partial charge in [-0.3, -0.25) is 10.1 Å². The topological polar surface area (TPSA) is 73.0 Å². The second kappa shape index (κ2) is 6.39. The first kappa shape index (κ1) is 15.0. The summed E-state index contributed by atoms with van der Waals surface area (Å²) < 4.78 is 1.68. The van der Waals surface area contributed by atoms with Gasteiger partial charge in [0.1, 0.15) is 5.69 Å². The van der Waals surface area contributed by atoms with Crippen LogP contribution in [0.15, 0.2) is 24.3 Å². The van der Waals surface area contributed by atoms with Gasteiger partial charge >= 0.3 is 5.69 Å². The van der Waals surface area contributed by atoms with Gasteiger partial charge in [-0.05, 0) is 25.8 Å². The number of benzene rings is 1. The van der Waals surface area contributed by atoms with Crippen molar-refractivity contribution in [1.82, 2.24) is 9.78 Å².